The molecule has 0 aromatic carbocycles. The highest BCUT2D eigenvalue weighted by Crippen LogP contribution is 2.35. The molecule has 10 heteroatoms. The number of sulfonamides is 1. The first-order chi connectivity index (χ1) is 14.9. The maximum atomic E-state index is 13.3. The van der Waals surface area contributed by atoms with Gasteiger partial charge in [0.05, 0.1) is 9.77 Å². The van der Waals surface area contributed by atoms with Crippen molar-refractivity contribution >= 4 is 27.3 Å². The van der Waals surface area contributed by atoms with E-state index in [1.807, 2.05) is 11.8 Å². The Hall–Kier alpha value is -1.78. The van der Waals surface area contributed by atoms with E-state index in [1.165, 1.54) is 28.5 Å². The Morgan fingerprint density at radius 3 is 2.45 bits per heavy atom. The zero-order chi connectivity index (χ0) is 22.0. The molecule has 4 rings (SSSR count). The van der Waals surface area contributed by atoms with Crippen LogP contribution in [0.25, 0.3) is 10.7 Å². The maximum absolute atomic E-state index is 13.3. The first-order valence-corrected chi connectivity index (χ1v) is 13.4. The molecule has 2 saturated heterocycles. The number of carbonyl (C=O) groups is 1. The van der Waals surface area contributed by atoms with Gasteiger partial charge in [0.2, 0.25) is 27.6 Å². The van der Waals surface area contributed by atoms with Crippen LogP contribution in [0.1, 0.15) is 56.2 Å². The van der Waals surface area contributed by atoms with Crippen LogP contribution in [0.4, 0.5) is 0 Å². The zero-order valence-corrected chi connectivity index (χ0v) is 19.8. The molecule has 0 unspecified atom stereocenters. The highest BCUT2D eigenvalue weighted by atomic mass is 32.2. The fraction of sp³-hybridized carbons (Fsp3) is 0.667. The summed E-state index contributed by atoms with van der Waals surface area (Å²) < 4.78 is 33.3. The second-order valence-electron chi connectivity index (χ2n) is 8.31. The highest BCUT2D eigenvalue weighted by molar-refractivity contribution is 7.89. The average Bonchev–Trinajstić information content (AvgIpc) is 3.32. The third-order valence-electron chi connectivity index (χ3n) is 6.20. The van der Waals surface area contributed by atoms with Crippen LogP contribution in [-0.2, 0) is 21.2 Å². The van der Waals surface area contributed by atoms with Crippen LogP contribution < -0.4 is 0 Å². The molecule has 2 aromatic heterocycles. The minimum absolute atomic E-state index is 0.0736. The van der Waals surface area contributed by atoms with Crippen molar-refractivity contribution in [2.24, 2.45) is 5.92 Å². The molecule has 0 saturated carbocycles. The lowest BCUT2D eigenvalue weighted by molar-refractivity contribution is -0.136. The van der Waals surface area contributed by atoms with Crippen LogP contribution in [0.5, 0.6) is 0 Å². The normalized spacial score (nSPS) is 19.5. The molecule has 0 N–H and O–H groups in total. The number of likely N-dealkylation sites (tertiary alicyclic amines) is 1. The molecule has 31 heavy (non-hydrogen) atoms. The fourth-order valence-corrected chi connectivity index (χ4v) is 7.32. The van der Waals surface area contributed by atoms with Gasteiger partial charge in [0, 0.05) is 43.4 Å². The maximum Gasteiger partial charge on any atom is 0.244 e. The average molecular weight is 467 g/mol. The van der Waals surface area contributed by atoms with Gasteiger partial charge in [0.15, 0.2) is 0 Å². The molecule has 170 valence electrons. The Balaban J connectivity index is 1.44. The smallest absolute Gasteiger partial charge is 0.244 e. The quantitative estimate of drug-likeness (QED) is 0.669. The molecular weight excluding hydrogens is 436 g/mol. The standard InChI is InChI=1S/C21H30N4O4S2/c1-3-19-22-20(23-29-19)17-14-18(15(2)30-17)31(27,28)25-12-8-16(9-13-25)21(26)24-10-6-4-5-7-11-24/h14,16H,3-13H2,1-2H3. The molecule has 0 radical (unpaired) electrons. The number of piperidine rings is 1. The minimum atomic E-state index is -3.63. The van der Waals surface area contributed by atoms with Gasteiger partial charge in [-0.25, -0.2) is 8.42 Å². The molecule has 1 amide bonds. The van der Waals surface area contributed by atoms with E-state index in [4.69, 9.17) is 4.52 Å². The molecule has 2 aliphatic heterocycles. The summed E-state index contributed by atoms with van der Waals surface area (Å²) in [5.41, 5.74) is 0. The van der Waals surface area contributed by atoms with E-state index in [9.17, 15) is 13.2 Å². The lowest BCUT2D eigenvalue weighted by Crippen LogP contribution is -2.44. The van der Waals surface area contributed by atoms with E-state index < -0.39 is 10.0 Å². The summed E-state index contributed by atoms with van der Waals surface area (Å²) >= 11 is 1.36. The third kappa shape index (κ3) is 4.70. The number of thiophene rings is 1. The fourth-order valence-electron chi connectivity index (χ4n) is 4.36. The molecule has 2 aromatic rings. The summed E-state index contributed by atoms with van der Waals surface area (Å²) in [6.07, 6.45) is 6.30. The Morgan fingerprint density at radius 2 is 1.84 bits per heavy atom. The van der Waals surface area contributed by atoms with E-state index >= 15 is 0 Å². The van der Waals surface area contributed by atoms with Crippen molar-refractivity contribution in [1.82, 2.24) is 19.3 Å². The Bertz CT molecular complexity index is 1010. The van der Waals surface area contributed by atoms with Gasteiger partial charge >= 0.3 is 0 Å². The van der Waals surface area contributed by atoms with Gasteiger partial charge in [-0.3, -0.25) is 4.79 Å². The Morgan fingerprint density at radius 1 is 1.16 bits per heavy atom. The first kappa shape index (κ1) is 22.4. The molecule has 2 aliphatic rings. The molecule has 4 heterocycles. The van der Waals surface area contributed by atoms with E-state index in [1.54, 1.807) is 13.0 Å². The van der Waals surface area contributed by atoms with E-state index in [0.717, 1.165) is 25.9 Å². The Labute approximate surface area is 187 Å². The number of carbonyl (C=O) groups excluding carboxylic acids is 1. The molecule has 0 atom stereocenters. The van der Waals surface area contributed by atoms with Crippen LogP contribution in [0, 0.1) is 12.8 Å². The van der Waals surface area contributed by atoms with Crippen molar-refractivity contribution in [3.05, 3.63) is 16.8 Å². The van der Waals surface area contributed by atoms with Gasteiger partial charge in [-0.2, -0.15) is 9.29 Å². The van der Waals surface area contributed by atoms with Crippen LogP contribution in [0.3, 0.4) is 0 Å². The number of aromatic nitrogens is 2. The second kappa shape index (κ2) is 9.38. The molecular formula is C21H30N4O4S2. The lowest BCUT2D eigenvalue weighted by Gasteiger charge is -2.33. The number of hydrogen-bond donors (Lipinski definition) is 0. The monoisotopic (exact) mass is 466 g/mol. The van der Waals surface area contributed by atoms with Gasteiger partial charge in [-0.05, 0) is 38.7 Å². The van der Waals surface area contributed by atoms with E-state index in [2.05, 4.69) is 10.1 Å². The topological polar surface area (TPSA) is 96.6 Å². The Kier molecular flexibility index (Phi) is 6.78. The summed E-state index contributed by atoms with van der Waals surface area (Å²) in [5, 5.41) is 3.96. The third-order valence-corrected chi connectivity index (χ3v) is 9.40. The molecule has 0 aliphatic carbocycles. The predicted octanol–water partition coefficient (Wildman–Crippen LogP) is 3.47. The van der Waals surface area contributed by atoms with Crippen LogP contribution >= 0.6 is 11.3 Å². The lowest BCUT2D eigenvalue weighted by atomic mass is 9.96. The number of hydrogen-bond acceptors (Lipinski definition) is 7. The van der Waals surface area contributed by atoms with Crippen LogP contribution in [0.2, 0.25) is 0 Å². The number of aryl methyl sites for hydroxylation is 2. The number of amides is 1. The van der Waals surface area contributed by atoms with Crippen molar-refractivity contribution in [3.8, 4) is 10.7 Å². The van der Waals surface area contributed by atoms with Gasteiger partial charge in [-0.1, -0.05) is 24.9 Å². The summed E-state index contributed by atoms with van der Waals surface area (Å²) in [6.45, 7) is 6.15. The van der Waals surface area contributed by atoms with Crippen molar-refractivity contribution < 1.29 is 17.7 Å². The summed E-state index contributed by atoms with van der Waals surface area (Å²) in [7, 11) is -3.63. The van der Waals surface area contributed by atoms with E-state index in [-0.39, 0.29) is 11.8 Å². The SMILES string of the molecule is CCc1nc(-c2cc(S(=O)(=O)N3CCC(C(=O)N4CCCCCC4)CC3)c(C)s2)no1. The van der Waals surface area contributed by atoms with Crippen LogP contribution in [-0.4, -0.2) is 59.8 Å². The largest absolute Gasteiger partial charge is 0.342 e. The van der Waals surface area contributed by atoms with Gasteiger partial charge in [-0.15, -0.1) is 11.3 Å². The van der Waals surface area contributed by atoms with E-state index in [0.29, 0.717) is 58.7 Å². The minimum Gasteiger partial charge on any atom is -0.342 e. The molecule has 0 bridgehead atoms. The van der Waals surface area contributed by atoms with Gasteiger partial charge in [0.1, 0.15) is 0 Å². The number of rotatable bonds is 5. The van der Waals surface area contributed by atoms with Crippen LogP contribution in [0.15, 0.2) is 15.5 Å². The van der Waals surface area contributed by atoms with Crippen molar-refractivity contribution in [2.45, 2.75) is 63.7 Å². The van der Waals surface area contributed by atoms with Gasteiger partial charge in [0.25, 0.3) is 0 Å². The summed E-state index contributed by atoms with van der Waals surface area (Å²) in [4.78, 5) is 20.9. The van der Waals surface area contributed by atoms with Crippen molar-refractivity contribution in [2.75, 3.05) is 26.2 Å². The van der Waals surface area contributed by atoms with Gasteiger partial charge < -0.3 is 9.42 Å². The second-order valence-corrected chi connectivity index (χ2v) is 11.5. The van der Waals surface area contributed by atoms with Crippen molar-refractivity contribution in [3.63, 3.8) is 0 Å². The first-order valence-electron chi connectivity index (χ1n) is 11.1. The summed E-state index contributed by atoms with van der Waals surface area (Å²) in [6, 6.07) is 1.65. The highest BCUT2D eigenvalue weighted by Gasteiger charge is 2.35. The summed E-state index contributed by atoms with van der Waals surface area (Å²) in [5.74, 6) is 1.09. The predicted molar refractivity (Wildman–Crippen MR) is 118 cm³/mol. The molecule has 0 spiro atoms. The number of nitrogens with zero attached hydrogens (tertiary/aromatic N) is 4. The zero-order valence-electron chi connectivity index (χ0n) is 18.2. The molecule has 2 fully saturated rings. The molecule has 8 nitrogen and oxygen atoms in total. The van der Waals surface area contributed by atoms with Crippen molar-refractivity contribution in [1.29, 1.82) is 0 Å².